The van der Waals surface area contributed by atoms with Crippen molar-refractivity contribution in [2.75, 3.05) is 26.4 Å². The van der Waals surface area contributed by atoms with E-state index in [1.54, 1.807) is 0 Å². The summed E-state index contributed by atoms with van der Waals surface area (Å²) in [5.74, 6) is -0.999. The molecule has 0 aliphatic heterocycles. The van der Waals surface area contributed by atoms with E-state index in [-0.39, 0.29) is 12.8 Å². The standard InChI is InChI=1S/C52H103O10P/c1-3-5-7-9-11-13-15-17-19-21-22-23-24-25-26-27-28-30-32-34-36-38-40-42-44-52(56)62-50(46-54)48-60-63(57,58)59-47-49(45-53)61-51(55)43-41-39-37-35-33-31-29-20-18-16-14-12-10-8-6-4-2/h49-50,53-54H,3-48H2,1-2H3,(H,57,58). The van der Waals surface area contributed by atoms with Gasteiger partial charge in [-0.15, -0.1) is 0 Å². The van der Waals surface area contributed by atoms with Gasteiger partial charge in [0.25, 0.3) is 0 Å². The molecule has 0 spiro atoms. The maximum absolute atomic E-state index is 12.4. The van der Waals surface area contributed by atoms with Gasteiger partial charge in [0.05, 0.1) is 26.4 Å². The number of aliphatic hydroxyl groups is 2. The largest absolute Gasteiger partial charge is 0.472 e. The summed E-state index contributed by atoms with van der Waals surface area (Å²) >= 11 is 0. The SMILES string of the molecule is CCCCCCCCCCCCCCCCCCCCCCCCCCC(=O)OC(CO)COP(=O)(O)OCC(CO)OC(=O)CCCCCCCCCCCCCCCCCC. The van der Waals surface area contributed by atoms with E-state index in [1.165, 1.54) is 205 Å². The average molecular weight is 919 g/mol. The van der Waals surface area contributed by atoms with Crippen molar-refractivity contribution in [2.45, 2.75) is 296 Å². The lowest BCUT2D eigenvalue weighted by Crippen LogP contribution is -2.28. The molecule has 0 heterocycles. The molecule has 0 aromatic heterocycles. The van der Waals surface area contributed by atoms with Crippen molar-refractivity contribution in [1.82, 2.24) is 0 Å². The summed E-state index contributed by atoms with van der Waals surface area (Å²) in [6, 6.07) is 0. The number of hydrogen-bond donors (Lipinski definition) is 3. The number of unbranched alkanes of at least 4 members (excludes halogenated alkanes) is 38. The Balaban J connectivity index is 3.74. The van der Waals surface area contributed by atoms with Crippen molar-refractivity contribution in [3.05, 3.63) is 0 Å². The highest BCUT2D eigenvalue weighted by Crippen LogP contribution is 2.43. The molecule has 0 aromatic carbocycles. The first-order valence-corrected chi connectivity index (χ1v) is 28.5. The third-order valence-electron chi connectivity index (χ3n) is 12.3. The van der Waals surface area contributed by atoms with Gasteiger partial charge in [0.1, 0.15) is 12.2 Å². The second-order valence-corrected chi connectivity index (χ2v) is 20.0. The van der Waals surface area contributed by atoms with Gasteiger partial charge in [-0.1, -0.05) is 258 Å². The number of hydrogen-bond acceptors (Lipinski definition) is 9. The molecule has 376 valence electrons. The lowest BCUT2D eigenvalue weighted by molar-refractivity contribution is -0.153. The van der Waals surface area contributed by atoms with Crippen LogP contribution in [-0.4, -0.2) is 65.7 Å². The average Bonchev–Trinajstić information content (AvgIpc) is 3.27. The molecule has 0 aliphatic rings. The van der Waals surface area contributed by atoms with Crippen molar-refractivity contribution >= 4 is 19.8 Å². The maximum Gasteiger partial charge on any atom is 0.472 e. The Morgan fingerprint density at radius 1 is 0.365 bits per heavy atom. The van der Waals surface area contributed by atoms with E-state index in [1.807, 2.05) is 0 Å². The number of aliphatic hydroxyl groups excluding tert-OH is 2. The molecule has 0 saturated heterocycles. The molecule has 0 aromatic rings. The van der Waals surface area contributed by atoms with Crippen LogP contribution in [0.5, 0.6) is 0 Å². The van der Waals surface area contributed by atoms with Gasteiger partial charge in [-0.3, -0.25) is 18.6 Å². The second-order valence-electron chi connectivity index (χ2n) is 18.6. The minimum Gasteiger partial charge on any atom is -0.457 e. The van der Waals surface area contributed by atoms with Crippen LogP contribution in [0, 0.1) is 0 Å². The molecule has 63 heavy (non-hydrogen) atoms. The summed E-state index contributed by atoms with van der Waals surface area (Å²) < 4.78 is 32.8. The van der Waals surface area contributed by atoms with Crippen molar-refractivity contribution in [1.29, 1.82) is 0 Å². The van der Waals surface area contributed by atoms with E-state index >= 15 is 0 Å². The van der Waals surface area contributed by atoms with Crippen LogP contribution in [0.2, 0.25) is 0 Å². The molecule has 0 fully saturated rings. The molecule has 0 aliphatic carbocycles. The van der Waals surface area contributed by atoms with Crippen LogP contribution >= 0.6 is 7.82 Å². The van der Waals surface area contributed by atoms with Crippen LogP contribution < -0.4 is 0 Å². The van der Waals surface area contributed by atoms with Gasteiger partial charge in [-0.2, -0.15) is 0 Å². The van der Waals surface area contributed by atoms with E-state index in [9.17, 15) is 29.3 Å². The van der Waals surface area contributed by atoms with E-state index < -0.39 is 58.4 Å². The number of phosphoric ester groups is 1. The predicted octanol–water partition coefficient (Wildman–Crippen LogP) is 15.4. The van der Waals surface area contributed by atoms with Gasteiger partial charge in [0.2, 0.25) is 0 Å². The monoisotopic (exact) mass is 919 g/mol. The molecule has 0 amide bonds. The zero-order chi connectivity index (χ0) is 46.2. The Bertz CT molecular complexity index is 1010. The summed E-state index contributed by atoms with van der Waals surface area (Å²) in [5.41, 5.74) is 0. The van der Waals surface area contributed by atoms with Gasteiger partial charge in [-0.05, 0) is 12.8 Å². The van der Waals surface area contributed by atoms with Gasteiger partial charge in [-0.25, -0.2) is 4.57 Å². The fourth-order valence-corrected chi connectivity index (χ4v) is 8.96. The van der Waals surface area contributed by atoms with Crippen LogP contribution in [0.15, 0.2) is 0 Å². The zero-order valence-electron chi connectivity index (χ0n) is 41.3. The molecular formula is C52H103O10P. The lowest BCUT2D eigenvalue weighted by atomic mass is 10.0. The van der Waals surface area contributed by atoms with Crippen LogP contribution in [0.1, 0.15) is 284 Å². The van der Waals surface area contributed by atoms with Gasteiger partial charge in [0, 0.05) is 12.8 Å². The van der Waals surface area contributed by atoms with E-state index in [0.717, 1.165) is 38.5 Å². The molecule has 3 atom stereocenters. The van der Waals surface area contributed by atoms with Gasteiger partial charge < -0.3 is 24.6 Å². The molecule has 0 rings (SSSR count). The molecule has 0 bridgehead atoms. The summed E-state index contributed by atoms with van der Waals surface area (Å²) in [4.78, 5) is 34.7. The number of esters is 2. The molecular weight excluding hydrogens is 816 g/mol. The zero-order valence-corrected chi connectivity index (χ0v) is 42.2. The Labute approximate surface area is 388 Å². The van der Waals surface area contributed by atoms with Gasteiger partial charge in [0.15, 0.2) is 0 Å². The van der Waals surface area contributed by atoms with Crippen molar-refractivity contribution in [3.8, 4) is 0 Å². The van der Waals surface area contributed by atoms with Crippen molar-refractivity contribution in [3.63, 3.8) is 0 Å². The first-order chi connectivity index (χ1) is 30.8. The third kappa shape index (κ3) is 47.3. The topological polar surface area (TPSA) is 149 Å². The number of phosphoric acid groups is 1. The molecule has 11 heteroatoms. The molecule has 10 nitrogen and oxygen atoms in total. The highest BCUT2D eigenvalue weighted by atomic mass is 31.2. The highest BCUT2D eigenvalue weighted by Gasteiger charge is 2.27. The fraction of sp³-hybridized carbons (Fsp3) is 0.962. The summed E-state index contributed by atoms with van der Waals surface area (Å²) in [5, 5.41) is 19.3. The fourth-order valence-electron chi connectivity index (χ4n) is 8.18. The van der Waals surface area contributed by atoms with Crippen LogP contribution in [0.4, 0.5) is 0 Å². The molecule has 3 N–H and O–H groups in total. The number of rotatable bonds is 52. The van der Waals surface area contributed by atoms with Crippen LogP contribution in [-0.2, 0) is 32.7 Å². The number of carbonyl (C=O) groups excluding carboxylic acids is 2. The number of carbonyl (C=O) groups is 2. The Morgan fingerprint density at radius 2 is 0.556 bits per heavy atom. The second kappa shape index (κ2) is 48.9. The minimum absolute atomic E-state index is 0.200. The molecule has 0 saturated carbocycles. The normalized spacial score (nSPS) is 13.5. The summed E-state index contributed by atoms with van der Waals surface area (Å²) in [6.45, 7) is 2.29. The Kier molecular flexibility index (Phi) is 48.1. The van der Waals surface area contributed by atoms with E-state index in [0.29, 0.717) is 12.8 Å². The smallest absolute Gasteiger partial charge is 0.457 e. The maximum atomic E-state index is 12.4. The van der Waals surface area contributed by atoms with Gasteiger partial charge >= 0.3 is 19.8 Å². The third-order valence-corrected chi connectivity index (χ3v) is 13.3. The molecule has 3 unspecified atom stereocenters. The first-order valence-electron chi connectivity index (χ1n) is 27.0. The van der Waals surface area contributed by atoms with Crippen LogP contribution in [0.25, 0.3) is 0 Å². The summed E-state index contributed by atoms with van der Waals surface area (Å²) in [6.07, 6.45) is 49.4. The van der Waals surface area contributed by atoms with E-state index in [2.05, 4.69) is 13.8 Å². The Hall–Kier alpha value is -1.03. The van der Waals surface area contributed by atoms with Crippen molar-refractivity contribution in [2.24, 2.45) is 0 Å². The van der Waals surface area contributed by atoms with E-state index in [4.69, 9.17) is 18.5 Å². The number of ether oxygens (including phenoxy) is 2. The molecule has 0 radical (unpaired) electrons. The van der Waals surface area contributed by atoms with Crippen LogP contribution in [0.3, 0.4) is 0 Å². The summed E-state index contributed by atoms with van der Waals surface area (Å²) in [7, 11) is -4.63. The Morgan fingerprint density at radius 3 is 0.746 bits per heavy atom. The quantitative estimate of drug-likeness (QED) is 0.0306. The lowest BCUT2D eigenvalue weighted by Gasteiger charge is -2.20. The first kappa shape index (κ1) is 62.0. The minimum atomic E-state index is -4.63. The predicted molar refractivity (Wildman–Crippen MR) is 261 cm³/mol. The van der Waals surface area contributed by atoms with Crippen molar-refractivity contribution < 1.29 is 47.8 Å². The highest BCUT2D eigenvalue weighted by molar-refractivity contribution is 7.47.